The van der Waals surface area contributed by atoms with E-state index in [-0.39, 0.29) is 5.41 Å². The van der Waals surface area contributed by atoms with Crippen LogP contribution >= 0.6 is 0 Å². The second-order valence-corrected chi connectivity index (χ2v) is 5.51. The lowest BCUT2D eigenvalue weighted by atomic mass is 9.95. The molecule has 1 aromatic heterocycles. The highest BCUT2D eigenvalue weighted by Crippen LogP contribution is 2.23. The number of nitrogens with zero attached hydrogens (tertiary/aromatic N) is 3. The van der Waals surface area contributed by atoms with E-state index < -0.39 is 0 Å². The minimum atomic E-state index is 0.116. The molecule has 0 N–H and O–H groups in total. The molecule has 1 aliphatic rings. The van der Waals surface area contributed by atoms with E-state index in [9.17, 15) is 0 Å². The zero-order chi connectivity index (χ0) is 10.9. The van der Waals surface area contributed by atoms with Crippen molar-refractivity contribution in [3.63, 3.8) is 0 Å². The van der Waals surface area contributed by atoms with Crippen LogP contribution in [0.15, 0.2) is 0 Å². The number of hydrogen-bond donors (Lipinski definition) is 0. The summed E-state index contributed by atoms with van der Waals surface area (Å²) in [6.07, 6.45) is 6.33. The molecule has 84 valence electrons. The number of rotatable bonds is 0. The number of fused-ring (bicyclic) bond motifs is 1. The fourth-order valence-electron chi connectivity index (χ4n) is 2.22. The molecule has 0 unspecified atom stereocenters. The molecule has 1 aromatic rings. The third kappa shape index (κ3) is 2.21. The van der Waals surface area contributed by atoms with Gasteiger partial charge in [0.25, 0.3) is 0 Å². The molecule has 0 atom stereocenters. The first kappa shape index (κ1) is 10.7. The van der Waals surface area contributed by atoms with Gasteiger partial charge >= 0.3 is 0 Å². The smallest absolute Gasteiger partial charge is 0.138 e. The summed E-state index contributed by atoms with van der Waals surface area (Å²) in [5.41, 5.74) is 0.116. The molecule has 0 aromatic carbocycles. The standard InChI is InChI=1S/C12H21N3/c1-12(2,3)11-14-13-10-8-6-4-5-7-9-15(10)11/h4-9H2,1-3H3. The van der Waals surface area contributed by atoms with Crippen molar-refractivity contribution in [2.45, 2.75) is 64.8 Å². The van der Waals surface area contributed by atoms with Crippen LogP contribution in [0.1, 0.15) is 58.1 Å². The molecule has 0 saturated heterocycles. The predicted octanol–water partition coefficient (Wildman–Crippen LogP) is 2.69. The van der Waals surface area contributed by atoms with Gasteiger partial charge in [0.1, 0.15) is 11.6 Å². The van der Waals surface area contributed by atoms with Gasteiger partial charge in [-0.05, 0) is 12.8 Å². The van der Waals surface area contributed by atoms with Crippen LogP contribution in [0.4, 0.5) is 0 Å². The predicted molar refractivity (Wildman–Crippen MR) is 60.9 cm³/mol. The molecular formula is C12H21N3. The molecule has 0 aliphatic carbocycles. The maximum atomic E-state index is 4.37. The van der Waals surface area contributed by atoms with Crippen LogP contribution in [0.2, 0.25) is 0 Å². The first-order valence-corrected chi connectivity index (χ1v) is 6.01. The third-order valence-electron chi connectivity index (χ3n) is 3.03. The fourth-order valence-corrected chi connectivity index (χ4v) is 2.22. The van der Waals surface area contributed by atoms with Crippen LogP contribution in [0.3, 0.4) is 0 Å². The monoisotopic (exact) mass is 207 g/mol. The van der Waals surface area contributed by atoms with E-state index in [1.807, 2.05) is 0 Å². The van der Waals surface area contributed by atoms with Crippen LogP contribution < -0.4 is 0 Å². The van der Waals surface area contributed by atoms with Crippen molar-refractivity contribution >= 4 is 0 Å². The number of aryl methyl sites for hydroxylation is 1. The Balaban J connectivity index is 2.34. The zero-order valence-electron chi connectivity index (χ0n) is 10.1. The van der Waals surface area contributed by atoms with Crippen molar-refractivity contribution in [2.24, 2.45) is 0 Å². The highest BCUT2D eigenvalue weighted by atomic mass is 15.3. The largest absolute Gasteiger partial charge is 0.315 e. The highest BCUT2D eigenvalue weighted by Gasteiger charge is 2.23. The molecule has 3 heteroatoms. The van der Waals surface area contributed by atoms with E-state index in [0.717, 1.165) is 18.8 Å². The minimum absolute atomic E-state index is 0.116. The molecule has 0 radical (unpaired) electrons. The molecule has 2 rings (SSSR count). The second-order valence-electron chi connectivity index (χ2n) is 5.51. The van der Waals surface area contributed by atoms with Gasteiger partial charge in [0.2, 0.25) is 0 Å². The number of aromatic nitrogens is 3. The summed E-state index contributed by atoms with van der Waals surface area (Å²) in [6.45, 7) is 7.74. The van der Waals surface area contributed by atoms with Crippen molar-refractivity contribution in [2.75, 3.05) is 0 Å². The second kappa shape index (κ2) is 3.95. The van der Waals surface area contributed by atoms with Gasteiger partial charge in [-0.15, -0.1) is 10.2 Å². The summed E-state index contributed by atoms with van der Waals surface area (Å²) in [5, 5.41) is 8.70. The molecule has 0 fully saturated rings. The molecule has 2 heterocycles. The lowest BCUT2D eigenvalue weighted by Crippen LogP contribution is -2.21. The molecule has 0 spiro atoms. The van der Waals surface area contributed by atoms with Gasteiger partial charge in [0.15, 0.2) is 0 Å². The van der Waals surface area contributed by atoms with Gasteiger partial charge in [-0.25, -0.2) is 0 Å². The van der Waals surface area contributed by atoms with Crippen LogP contribution in [-0.4, -0.2) is 14.8 Å². The van der Waals surface area contributed by atoms with E-state index in [1.54, 1.807) is 0 Å². The van der Waals surface area contributed by atoms with Crippen LogP contribution in [0, 0.1) is 0 Å². The lowest BCUT2D eigenvalue weighted by Gasteiger charge is -2.21. The van der Waals surface area contributed by atoms with E-state index >= 15 is 0 Å². The molecule has 15 heavy (non-hydrogen) atoms. The Morgan fingerprint density at radius 1 is 1.00 bits per heavy atom. The molecular weight excluding hydrogens is 186 g/mol. The van der Waals surface area contributed by atoms with E-state index in [2.05, 4.69) is 35.5 Å². The third-order valence-corrected chi connectivity index (χ3v) is 3.03. The van der Waals surface area contributed by atoms with Crippen molar-refractivity contribution in [1.82, 2.24) is 14.8 Å². The van der Waals surface area contributed by atoms with Crippen molar-refractivity contribution in [1.29, 1.82) is 0 Å². The minimum Gasteiger partial charge on any atom is -0.315 e. The lowest BCUT2D eigenvalue weighted by molar-refractivity contribution is 0.456. The van der Waals surface area contributed by atoms with Gasteiger partial charge in [0.05, 0.1) is 0 Å². The topological polar surface area (TPSA) is 30.7 Å². The van der Waals surface area contributed by atoms with Gasteiger partial charge in [-0.3, -0.25) is 0 Å². The molecule has 3 nitrogen and oxygen atoms in total. The molecule has 0 amide bonds. The van der Waals surface area contributed by atoms with Crippen LogP contribution in [0.5, 0.6) is 0 Å². The summed E-state index contributed by atoms with van der Waals surface area (Å²) in [6, 6.07) is 0. The fraction of sp³-hybridized carbons (Fsp3) is 0.833. The van der Waals surface area contributed by atoms with E-state index in [1.165, 1.54) is 31.5 Å². The molecule has 0 saturated carbocycles. The van der Waals surface area contributed by atoms with Gasteiger partial charge in [0, 0.05) is 18.4 Å². The summed E-state index contributed by atoms with van der Waals surface area (Å²) in [5.74, 6) is 2.35. The van der Waals surface area contributed by atoms with Crippen LogP contribution in [0.25, 0.3) is 0 Å². The Bertz CT molecular complexity index is 333. The maximum absolute atomic E-state index is 4.37. The summed E-state index contributed by atoms with van der Waals surface area (Å²) in [7, 11) is 0. The Hall–Kier alpha value is -0.860. The van der Waals surface area contributed by atoms with Crippen LogP contribution in [-0.2, 0) is 18.4 Å². The van der Waals surface area contributed by atoms with Crippen molar-refractivity contribution in [3.05, 3.63) is 11.6 Å². The van der Waals surface area contributed by atoms with Crippen molar-refractivity contribution in [3.8, 4) is 0 Å². The molecule has 1 aliphatic heterocycles. The van der Waals surface area contributed by atoms with E-state index in [4.69, 9.17) is 0 Å². The van der Waals surface area contributed by atoms with Gasteiger partial charge in [-0.1, -0.05) is 33.6 Å². The summed E-state index contributed by atoms with van der Waals surface area (Å²) < 4.78 is 2.35. The Morgan fingerprint density at radius 3 is 2.47 bits per heavy atom. The Morgan fingerprint density at radius 2 is 1.73 bits per heavy atom. The Kier molecular flexibility index (Phi) is 2.81. The van der Waals surface area contributed by atoms with E-state index in [0.29, 0.717) is 0 Å². The van der Waals surface area contributed by atoms with Gasteiger partial charge in [-0.2, -0.15) is 0 Å². The SMILES string of the molecule is CC(C)(C)c1nnc2n1CCCCCC2. The maximum Gasteiger partial charge on any atom is 0.138 e. The highest BCUT2D eigenvalue weighted by molar-refractivity contribution is 5.06. The first-order chi connectivity index (χ1) is 7.09. The average molecular weight is 207 g/mol. The molecule has 0 bridgehead atoms. The first-order valence-electron chi connectivity index (χ1n) is 6.01. The normalized spacial score (nSPS) is 18.1. The van der Waals surface area contributed by atoms with Crippen molar-refractivity contribution < 1.29 is 0 Å². The summed E-state index contributed by atoms with van der Waals surface area (Å²) >= 11 is 0. The number of hydrogen-bond acceptors (Lipinski definition) is 2. The van der Waals surface area contributed by atoms with Gasteiger partial charge < -0.3 is 4.57 Å². The Labute approximate surface area is 91.9 Å². The summed E-state index contributed by atoms with van der Waals surface area (Å²) in [4.78, 5) is 0. The zero-order valence-corrected chi connectivity index (χ0v) is 10.1. The average Bonchev–Trinajstić information content (AvgIpc) is 2.46. The quantitative estimate of drug-likeness (QED) is 0.655.